The van der Waals surface area contributed by atoms with E-state index in [1.165, 1.54) is 6.07 Å². The summed E-state index contributed by atoms with van der Waals surface area (Å²) >= 11 is 0. The highest BCUT2D eigenvalue weighted by Gasteiger charge is 2.27. The summed E-state index contributed by atoms with van der Waals surface area (Å²) in [4.78, 5) is 20.9. The molecule has 29 heavy (non-hydrogen) atoms. The number of anilines is 1. The third kappa shape index (κ3) is 5.24. The number of hydrogen-bond acceptors (Lipinski definition) is 4. The van der Waals surface area contributed by atoms with Crippen LogP contribution in [0, 0.1) is 5.82 Å². The van der Waals surface area contributed by atoms with Gasteiger partial charge in [0.05, 0.1) is 18.4 Å². The minimum Gasteiger partial charge on any atom is -0.486 e. The fourth-order valence-corrected chi connectivity index (χ4v) is 3.11. The Kier molecular flexibility index (Phi) is 6.69. The van der Waals surface area contributed by atoms with Gasteiger partial charge >= 0.3 is 0 Å². The Morgan fingerprint density at radius 1 is 1.38 bits per heavy atom. The number of carbonyl (C=O) groups is 1. The lowest BCUT2D eigenvalue weighted by molar-refractivity contribution is -0.120. The Bertz CT molecular complexity index is 868. The molecular weight excluding hydrogens is 375 g/mol. The van der Waals surface area contributed by atoms with E-state index in [4.69, 9.17) is 4.74 Å². The Hall–Kier alpha value is -3.10. The monoisotopic (exact) mass is 402 g/mol. The first-order chi connectivity index (χ1) is 14.0. The second-order valence-corrected chi connectivity index (χ2v) is 6.89. The van der Waals surface area contributed by atoms with Crippen LogP contribution in [0.15, 0.2) is 41.7 Å². The number of guanidine groups is 1. The van der Waals surface area contributed by atoms with Crippen molar-refractivity contribution in [3.8, 4) is 5.75 Å². The number of nitrogens with one attached hydrogen (secondary N) is 1. The summed E-state index contributed by atoms with van der Waals surface area (Å²) in [6.45, 7) is 6.26. The second-order valence-electron chi connectivity index (χ2n) is 6.89. The normalized spacial score (nSPS) is 16.1. The molecule has 1 aliphatic heterocycles. The van der Waals surface area contributed by atoms with Crippen molar-refractivity contribution in [2.45, 2.75) is 20.0 Å². The van der Waals surface area contributed by atoms with E-state index in [9.17, 15) is 9.18 Å². The molecule has 1 fully saturated rings. The van der Waals surface area contributed by atoms with Gasteiger partial charge in [0.25, 0.3) is 0 Å². The molecular formula is C20H27FN6O2. The van der Waals surface area contributed by atoms with Crippen molar-refractivity contribution in [2.75, 3.05) is 37.6 Å². The molecule has 8 nitrogen and oxygen atoms in total. The Morgan fingerprint density at radius 3 is 2.83 bits per heavy atom. The predicted molar refractivity (Wildman–Crippen MR) is 110 cm³/mol. The molecule has 1 unspecified atom stereocenters. The third-order valence-corrected chi connectivity index (χ3v) is 4.52. The van der Waals surface area contributed by atoms with Crippen LogP contribution in [-0.2, 0) is 11.8 Å². The molecule has 0 aliphatic carbocycles. The maximum Gasteiger partial charge on any atom is 0.246 e. The van der Waals surface area contributed by atoms with Crippen molar-refractivity contribution in [3.63, 3.8) is 0 Å². The largest absolute Gasteiger partial charge is 0.486 e. The number of carbonyl (C=O) groups excluding carboxylic acids is 1. The van der Waals surface area contributed by atoms with Gasteiger partial charge in [0.15, 0.2) is 17.5 Å². The van der Waals surface area contributed by atoms with Gasteiger partial charge in [0.2, 0.25) is 5.91 Å². The highest BCUT2D eigenvalue weighted by molar-refractivity contribution is 5.98. The van der Waals surface area contributed by atoms with Crippen molar-refractivity contribution in [2.24, 2.45) is 12.0 Å². The number of rotatable bonds is 6. The van der Waals surface area contributed by atoms with Crippen LogP contribution in [0.1, 0.15) is 13.8 Å². The molecule has 0 saturated carbocycles. The zero-order valence-electron chi connectivity index (χ0n) is 17.0. The number of halogens is 1. The fraction of sp³-hybridized carbons (Fsp3) is 0.450. The first-order valence-corrected chi connectivity index (χ1v) is 9.71. The topological polar surface area (TPSA) is 75.0 Å². The van der Waals surface area contributed by atoms with Crippen molar-refractivity contribution in [1.82, 2.24) is 20.0 Å². The predicted octanol–water partition coefficient (Wildman–Crippen LogP) is 1.64. The summed E-state index contributed by atoms with van der Waals surface area (Å²) in [7, 11) is 1.82. The van der Waals surface area contributed by atoms with E-state index in [0.29, 0.717) is 32.1 Å². The molecule has 2 aromatic rings. The van der Waals surface area contributed by atoms with Crippen LogP contribution in [0.5, 0.6) is 5.75 Å². The van der Waals surface area contributed by atoms with E-state index in [1.807, 2.05) is 32.0 Å². The third-order valence-electron chi connectivity index (χ3n) is 4.52. The van der Waals surface area contributed by atoms with E-state index < -0.39 is 5.82 Å². The summed E-state index contributed by atoms with van der Waals surface area (Å²) in [5, 5.41) is 7.35. The first kappa shape index (κ1) is 20.6. The molecule has 9 heteroatoms. The van der Waals surface area contributed by atoms with Gasteiger partial charge in [-0.2, -0.15) is 5.10 Å². The summed E-state index contributed by atoms with van der Waals surface area (Å²) in [6.07, 6.45) is 3.20. The standard InChI is InChI=1S/C20H27FN6O2/c1-4-22-20(23-11-15(2)29-18-8-6-5-7-17(18)21)26-9-10-27(19(28)14-26)16-12-24-25(3)13-16/h5-8,12-13,15H,4,9-11,14H2,1-3H3,(H,22,23). The summed E-state index contributed by atoms with van der Waals surface area (Å²) < 4.78 is 21.1. The molecule has 156 valence electrons. The van der Waals surface area contributed by atoms with Crippen molar-refractivity contribution in [3.05, 3.63) is 42.5 Å². The van der Waals surface area contributed by atoms with Crippen molar-refractivity contribution < 1.29 is 13.9 Å². The van der Waals surface area contributed by atoms with Crippen LogP contribution in [0.4, 0.5) is 10.1 Å². The summed E-state index contributed by atoms with van der Waals surface area (Å²) in [6, 6.07) is 6.31. The van der Waals surface area contributed by atoms with E-state index in [-0.39, 0.29) is 24.3 Å². The number of piperazine rings is 1. The quantitative estimate of drug-likeness (QED) is 0.587. The number of para-hydroxylation sites is 1. The molecule has 3 rings (SSSR count). The molecule has 1 amide bonds. The van der Waals surface area contributed by atoms with E-state index in [2.05, 4.69) is 15.4 Å². The van der Waals surface area contributed by atoms with Crippen LogP contribution in [0.2, 0.25) is 0 Å². The Morgan fingerprint density at radius 2 is 2.17 bits per heavy atom. The highest BCUT2D eigenvalue weighted by atomic mass is 19.1. The molecule has 1 N–H and O–H groups in total. The van der Waals surface area contributed by atoms with E-state index in [0.717, 1.165) is 5.69 Å². The zero-order valence-corrected chi connectivity index (χ0v) is 17.0. The minimum atomic E-state index is -0.396. The van der Waals surface area contributed by atoms with Crippen molar-refractivity contribution >= 4 is 17.6 Å². The second kappa shape index (κ2) is 9.40. The van der Waals surface area contributed by atoms with Gasteiger partial charge in [-0.05, 0) is 26.0 Å². The highest BCUT2D eigenvalue weighted by Crippen LogP contribution is 2.18. The molecule has 0 radical (unpaired) electrons. The van der Waals surface area contributed by atoms with Gasteiger partial charge < -0.3 is 19.9 Å². The van der Waals surface area contributed by atoms with Crippen LogP contribution < -0.4 is 15.0 Å². The van der Waals surface area contributed by atoms with Gasteiger partial charge in [0.1, 0.15) is 12.6 Å². The SMILES string of the molecule is CCNC(=NCC(C)Oc1ccccc1F)N1CCN(c2cnn(C)c2)C(=O)C1. The zero-order chi connectivity index (χ0) is 20.8. The lowest BCUT2D eigenvalue weighted by atomic mass is 10.3. The van der Waals surface area contributed by atoms with Gasteiger partial charge in [-0.15, -0.1) is 0 Å². The molecule has 2 heterocycles. The summed E-state index contributed by atoms with van der Waals surface area (Å²) in [5.41, 5.74) is 0.797. The van der Waals surface area contributed by atoms with Crippen LogP contribution in [0.25, 0.3) is 0 Å². The number of amides is 1. The number of aryl methyl sites for hydroxylation is 1. The van der Waals surface area contributed by atoms with E-state index >= 15 is 0 Å². The van der Waals surface area contributed by atoms with Gasteiger partial charge in [-0.3, -0.25) is 9.48 Å². The smallest absolute Gasteiger partial charge is 0.246 e. The average Bonchev–Trinajstić information content (AvgIpc) is 3.13. The molecule has 1 aliphatic rings. The lowest BCUT2D eigenvalue weighted by Crippen LogP contribution is -2.55. The van der Waals surface area contributed by atoms with Gasteiger partial charge in [0, 0.05) is 32.9 Å². The molecule has 1 aromatic heterocycles. The number of nitrogens with zero attached hydrogens (tertiary/aromatic N) is 5. The molecule has 0 spiro atoms. The summed E-state index contributed by atoms with van der Waals surface area (Å²) in [5.74, 6) is 0.453. The first-order valence-electron chi connectivity index (χ1n) is 9.71. The lowest BCUT2D eigenvalue weighted by Gasteiger charge is -2.35. The number of aliphatic imine (C=N–C) groups is 1. The maximum absolute atomic E-state index is 13.8. The number of benzene rings is 1. The average molecular weight is 402 g/mol. The minimum absolute atomic E-state index is 0.00879. The molecule has 1 aromatic carbocycles. The fourth-order valence-electron chi connectivity index (χ4n) is 3.11. The van der Waals surface area contributed by atoms with Crippen LogP contribution >= 0.6 is 0 Å². The maximum atomic E-state index is 13.8. The van der Waals surface area contributed by atoms with Crippen LogP contribution in [-0.4, -0.2) is 65.4 Å². The Balaban J connectivity index is 1.62. The van der Waals surface area contributed by atoms with Gasteiger partial charge in [-0.1, -0.05) is 12.1 Å². The molecule has 1 atom stereocenters. The Labute approximate surface area is 170 Å². The van der Waals surface area contributed by atoms with Gasteiger partial charge in [-0.25, -0.2) is 9.38 Å². The van der Waals surface area contributed by atoms with E-state index in [1.54, 1.807) is 34.0 Å². The number of hydrogen-bond donors (Lipinski definition) is 1. The molecule has 1 saturated heterocycles. The number of ether oxygens (including phenoxy) is 1. The van der Waals surface area contributed by atoms with Crippen LogP contribution in [0.3, 0.4) is 0 Å². The van der Waals surface area contributed by atoms with Crippen molar-refractivity contribution in [1.29, 1.82) is 0 Å². The number of aromatic nitrogens is 2. The molecule has 0 bridgehead atoms.